The molecule has 0 N–H and O–H groups in total. The summed E-state index contributed by atoms with van der Waals surface area (Å²) in [5.74, 6) is 0.731. The van der Waals surface area contributed by atoms with E-state index < -0.39 is 0 Å². The van der Waals surface area contributed by atoms with Crippen LogP contribution in [0.2, 0.25) is 0 Å². The molecule has 0 saturated carbocycles. The Morgan fingerprint density at radius 1 is 1.17 bits per heavy atom. The van der Waals surface area contributed by atoms with Gasteiger partial charge in [0.25, 0.3) is 0 Å². The van der Waals surface area contributed by atoms with E-state index in [4.69, 9.17) is 5.26 Å². The predicted octanol–water partition coefficient (Wildman–Crippen LogP) is 3.09. The van der Waals surface area contributed by atoms with Gasteiger partial charge in [-0.1, -0.05) is 24.3 Å². The third kappa shape index (κ3) is 2.04. The van der Waals surface area contributed by atoms with Gasteiger partial charge in [0.2, 0.25) is 0 Å². The number of nitrogens with zero attached hydrogens (tertiary/aromatic N) is 2. The second-order valence-corrected chi connectivity index (χ2v) is 5.80. The Balaban J connectivity index is 1.74. The van der Waals surface area contributed by atoms with Crippen molar-refractivity contribution >= 4 is 0 Å². The van der Waals surface area contributed by atoms with Crippen LogP contribution in [0.4, 0.5) is 0 Å². The van der Waals surface area contributed by atoms with E-state index in [0.717, 1.165) is 23.6 Å². The van der Waals surface area contributed by atoms with Crippen LogP contribution in [0.5, 0.6) is 0 Å². The Kier molecular flexibility index (Phi) is 3.09. The van der Waals surface area contributed by atoms with Gasteiger partial charge in [0, 0.05) is 12.1 Å². The Morgan fingerprint density at radius 2 is 1.78 bits per heavy atom. The summed E-state index contributed by atoms with van der Waals surface area (Å²) in [5, 5.41) is 8.69. The Bertz CT molecular complexity index is 443. The third-order valence-electron chi connectivity index (χ3n) is 4.83. The lowest BCUT2D eigenvalue weighted by molar-refractivity contribution is 0.161. The van der Waals surface area contributed by atoms with E-state index in [-0.39, 0.29) is 0 Å². The van der Waals surface area contributed by atoms with E-state index in [1.165, 1.54) is 31.2 Å². The largest absolute Gasteiger partial charge is 0.300 e. The van der Waals surface area contributed by atoms with Gasteiger partial charge in [0.15, 0.2) is 0 Å². The van der Waals surface area contributed by atoms with Crippen LogP contribution in [0.25, 0.3) is 0 Å². The Hall–Kier alpha value is -1.33. The summed E-state index contributed by atoms with van der Waals surface area (Å²) in [6.45, 7) is 0. The first-order valence-corrected chi connectivity index (χ1v) is 6.95. The van der Waals surface area contributed by atoms with Gasteiger partial charge in [0.1, 0.15) is 0 Å². The van der Waals surface area contributed by atoms with E-state index in [1.54, 1.807) is 0 Å². The molecule has 3 rings (SSSR count). The Morgan fingerprint density at radius 3 is 2.33 bits per heavy atom. The third-order valence-corrected chi connectivity index (χ3v) is 4.83. The van der Waals surface area contributed by atoms with Crippen LogP contribution in [0, 0.1) is 11.3 Å². The van der Waals surface area contributed by atoms with Crippen molar-refractivity contribution in [1.82, 2.24) is 4.90 Å². The van der Waals surface area contributed by atoms with Crippen molar-refractivity contribution in [2.75, 3.05) is 7.05 Å². The van der Waals surface area contributed by atoms with Crippen molar-refractivity contribution in [1.29, 1.82) is 5.26 Å². The highest BCUT2D eigenvalue weighted by molar-refractivity contribution is 5.28. The number of hydrogen-bond acceptors (Lipinski definition) is 2. The van der Waals surface area contributed by atoms with E-state index in [9.17, 15) is 0 Å². The number of fused-ring (bicyclic) bond motifs is 2. The van der Waals surface area contributed by atoms with E-state index in [1.807, 2.05) is 0 Å². The van der Waals surface area contributed by atoms with Crippen LogP contribution >= 0.6 is 0 Å². The molecule has 0 amide bonds. The van der Waals surface area contributed by atoms with Gasteiger partial charge in [-0.05, 0) is 49.8 Å². The SMILES string of the molecule is CN1[C@@H]2CC[C@H]1CC(c1ccc(CC#N)cc1)C2. The average molecular weight is 240 g/mol. The second-order valence-electron chi connectivity index (χ2n) is 5.80. The van der Waals surface area contributed by atoms with Gasteiger partial charge in [-0.3, -0.25) is 0 Å². The molecule has 3 atom stereocenters. The van der Waals surface area contributed by atoms with Gasteiger partial charge >= 0.3 is 0 Å². The van der Waals surface area contributed by atoms with E-state index in [2.05, 4.69) is 42.3 Å². The molecule has 2 aliphatic heterocycles. The summed E-state index contributed by atoms with van der Waals surface area (Å²) in [7, 11) is 2.29. The minimum atomic E-state index is 0.527. The molecule has 2 aliphatic rings. The summed E-state index contributed by atoms with van der Waals surface area (Å²) < 4.78 is 0. The summed E-state index contributed by atoms with van der Waals surface area (Å²) >= 11 is 0. The average Bonchev–Trinajstić information content (AvgIpc) is 2.63. The molecule has 0 aromatic heterocycles. The molecule has 1 unspecified atom stereocenters. The van der Waals surface area contributed by atoms with Crippen LogP contribution in [0.15, 0.2) is 24.3 Å². The lowest BCUT2D eigenvalue weighted by atomic mass is 9.85. The molecule has 2 nitrogen and oxygen atoms in total. The van der Waals surface area contributed by atoms with Crippen molar-refractivity contribution in [3.63, 3.8) is 0 Å². The van der Waals surface area contributed by atoms with Crippen LogP contribution in [-0.2, 0) is 6.42 Å². The highest BCUT2D eigenvalue weighted by Crippen LogP contribution is 2.41. The van der Waals surface area contributed by atoms with Gasteiger partial charge in [0.05, 0.1) is 12.5 Å². The minimum absolute atomic E-state index is 0.527. The molecule has 0 aliphatic carbocycles. The molecule has 2 heteroatoms. The van der Waals surface area contributed by atoms with Crippen LogP contribution in [-0.4, -0.2) is 24.0 Å². The van der Waals surface area contributed by atoms with E-state index in [0.29, 0.717) is 6.42 Å². The maximum atomic E-state index is 8.69. The molecule has 2 fully saturated rings. The highest BCUT2D eigenvalue weighted by Gasteiger charge is 2.38. The lowest BCUT2D eigenvalue weighted by Crippen LogP contribution is -2.39. The zero-order chi connectivity index (χ0) is 12.5. The molecule has 18 heavy (non-hydrogen) atoms. The maximum Gasteiger partial charge on any atom is 0.0669 e. The molecule has 94 valence electrons. The predicted molar refractivity (Wildman–Crippen MR) is 72.3 cm³/mol. The number of nitriles is 1. The van der Waals surface area contributed by atoms with Crippen molar-refractivity contribution < 1.29 is 0 Å². The fourth-order valence-electron chi connectivity index (χ4n) is 3.68. The molecule has 0 spiro atoms. The normalized spacial score (nSPS) is 31.2. The summed E-state index contributed by atoms with van der Waals surface area (Å²) in [6.07, 6.45) is 5.91. The quantitative estimate of drug-likeness (QED) is 0.794. The number of hydrogen-bond donors (Lipinski definition) is 0. The highest BCUT2D eigenvalue weighted by atomic mass is 15.2. The monoisotopic (exact) mass is 240 g/mol. The zero-order valence-corrected chi connectivity index (χ0v) is 11.0. The van der Waals surface area contributed by atoms with Crippen LogP contribution in [0.3, 0.4) is 0 Å². The molecular formula is C16H20N2. The molecule has 2 saturated heterocycles. The molecule has 0 radical (unpaired) electrons. The van der Waals surface area contributed by atoms with Gasteiger partial charge < -0.3 is 4.90 Å². The Labute approximate surface area is 109 Å². The van der Waals surface area contributed by atoms with Gasteiger partial charge in [-0.25, -0.2) is 0 Å². The topological polar surface area (TPSA) is 27.0 Å². The maximum absolute atomic E-state index is 8.69. The molecule has 2 heterocycles. The number of piperidine rings is 1. The molecular weight excluding hydrogens is 220 g/mol. The first-order valence-electron chi connectivity index (χ1n) is 6.95. The van der Waals surface area contributed by atoms with Crippen molar-refractivity contribution in [2.45, 2.75) is 50.1 Å². The van der Waals surface area contributed by atoms with Gasteiger partial charge in [-0.15, -0.1) is 0 Å². The fraction of sp³-hybridized carbons (Fsp3) is 0.562. The van der Waals surface area contributed by atoms with Crippen molar-refractivity contribution in [3.05, 3.63) is 35.4 Å². The second kappa shape index (κ2) is 4.74. The van der Waals surface area contributed by atoms with Crippen LogP contribution < -0.4 is 0 Å². The van der Waals surface area contributed by atoms with Crippen molar-refractivity contribution in [3.8, 4) is 6.07 Å². The molecule has 1 aromatic carbocycles. The lowest BCUT2D eigenvalue weighted by Gasteiger charge is -2.36. The van der Waals surface area contributed by atoms with Crippen molar-refractivity contribution in [2.24, 2.45) is 0 Å². The number of benzene rings is 1. The summed E-state index contributed by atoms with van der Waals surface area (Å²) in [6, 6.07) is 12.5. The molecule has 1 aromatic rings. The standard InChI is InChI=1S/C16H20N2/c1-18-15-6-7-16(18)11-14(10-15)13-4-2-12(3-5-13)8-9-17/h2-5,14-16H,6-8,10-11H2,1H3/t14?,15-,16+. The minimum Gasteiger partial charge on any atom is -0.300 e. The van der Waals surface area contributed by atoms with Gasteiger partial charge in [-0.2, -0.15) is 5.26 Å². The first kappa shape index (κ1) is 11.7. The summed E-state index contributed by atoms with van der Waals surface area (Å²) in [5.41, 5.74) is 2.61. The van der Waals surface area contributed by atoms with E-state index >= 15 is 0 Å². The number of rotatable bonds is 2. The summed E-state index contributed by atoms with van der Waals surface area (Å²) in [4.78, 5) is 2.58. The van der Waals surface area contributed by atoms with Crippen LogP contribution in [0.1, 0.15) is 42.7 Å². The zero-order valence-electron chi connectivity index (χ0n) is 11.0. The fourth-order valence-corrected chi connectivity index (χ4v) is 3.68. The molecule has 2 bridgehead atoms. The first-order chi connectivity index (χ1) is 8.78. The smallest absolute Gasteiger partial charge is 0.0669 e.